The second-order valence-corrected chi connectivity index (χ2v) is 5.98. The molecule has 7 heteroatoms. The Hall–Kier alpha value is -3.87. The highest BCUT2D eigenvalue weighted by Crippen LogP contribution is 2.17. The maximum atomic E-state index is 12.3. The summed E-state index contributed by atoms with van der Waals surface area (Å²) >= 11 is 0. The summed E-state index contributed by atoms with van der Waals surface area (Å²) in [5, 5.41) is 7.08. The van der Waals surface area contributed by atoms with Crippen molar-refractivity contribution in [2.24, 2.45) is 0 Å². The van der Waals surface area contributed by atoms with E-state index in [9.17, 15) is 9.59 Å². The minimum atomic E-state index is -0.544. The molecule has 3 rings (SSSR count). The molecule has 1 aromatic heterocycles. The smallest absolute Gasteiger partial charge is 0.359 e. The first-order chi connectivity index (χ1) is 14.1. The highest BCUT2D eigenvalue weighted by molar-refractivity contribution is 6.03. The zero-order chi connectivity index (χ0) is 20.6. The fourth-order valence-corrected chi connectivity index (χ4v) is 2.60. The van der Waals surface area contributed by atoms with E-state index in [1.807, 2.05) is 30.3 Å². The van der Waals surface area contributed by atoms with E-state index in [1.165, 1.54) is 12.2 Å². The molecule has 0 aliphatic heterocycles. The van der Waals surface area contributed by atoms with Crippen LogP contribution in [-0.4, -0.2) is 35.4 Å². The first kappa shape index (κ1) is 19.9. The number of ether oxygens (including phenoxy) is 2. The van der Waals surface area contributed by atoms with Gasteiger partial charge in [-0.1, -0.05) is 18.2 Å². The van der Waals surface area contributed by atoms with Crippen LogP contribution in [0.3, 0.4) is 0 Å². The first-order valence-electron chi connectivity index (χ1n) is 9.06. The third-order valence-corrected chi connectivity index (χ3v) is 4.00. The van der Waals surface area contributed by atoms with Crippen LogP contribution in [0.15, 0.2) is 66.9 Å². The van der Waals surface area contributed by atoms with Crippen molar-refractivity contribution in [3.8, 4) is 11.4 Å². The predicted molar refractivity (Wildman–Crippen MR) is 110 cm³/mol. The third-order valence-electron chi connectivity index (χ3n) is 4.00. The Labute approximate surface area is 168 Å². The van der Waals surface area contributed by atoms with E-state index < -0.39 is 5.97 Å². The summed E-state index contributed by atoms with van der Waals surface area (Å²) in [7, 11) is 1.58. The van der Waals surface area contributed by atoms with Gasteiger partial charge in [0.1, 0.15) is 5.75 Å². The molecular weight excluding hydrogens is 370 g/mol. The fraction of sp³-hybridized carbons (Fsp3) is 0.136. The average molecular weight is 391 g/mol. The van der Waals surface area contributed by atoms with Gasteiger partial charge in [0.15, 0.2) is 5.69 Å². The third kappa shape index (κ3) is 5.10. The van der Waals surface area contributed by atoms with E-state index in [4.69, 9.17) is 9.47 Å². The van der Waals surface area contributed by atoms with Gasteiger partial charge in [-0.25, -0.2) is 9.48 Å². The topological polar surface area (TPSA) is 82.5 Å². The number of para-hydroxylation sites is 1. The molecule has 1 amide bonds. The lowest BCUT2D eigenvalue weighted by atomic mass is 10.2. The SMILES string of the molecule is CCOC(=O)c1nn(-c2ccccc2)cc1/C=C/C(=O)Nc1ccc(OC)cc1. The number of aromatic nitrogens is 2. The van der Waals surface area contributed by atoms with Crippen LogP contribution in [0.4, 0.5) is 5.69 Å². The summed E-state index contributed by atoms with van der Waals surface area (Å²) in [5.74, 6) is -0.180. The highest BCUT2D eigenvalue weighted by Gasteiger charge is 2.17. The number of hydrogen-bond acceptors (Lipinski definition) is 5. The van der Waals surface area contributed by atoms with Crippen LogP contribution in [-0.2, 0) is 9.53 Å². The molecule has 29 heavy (non-hydrogen) atoms. The molecule has 1 heterocycles. The molecule has 1 N–H and O–H groups in total. The standard InChI is InChI=1S/C22H21N3O4/c1-3-29-22(27)21-16(15-25(24-21)18-7-5-4-6-8-18)9-14-20(26)23-17-10-12-19(28-2)13-11-17/h4-15H,3H2,1-2H3,(H,23,26)/b14-9+. The molecule has 0 bridgehead atoms. The quantitative estimate of drug-likeness (QED) is 0.490. The van der Waals surface area contributed by atoms with Crippen LogP contribution in [0.2, 0.25) is 0 Å². The van der Waals surface area contributed by atoms with Crippen molar-refractivity contribution in [2.75, 3.05) is 19.0 Å². The molecule has 0 fully saturated rings. The van der Waals surface area contributed by atoms with E-state index in [0.717, 1.165) is 5.69 Å². The molecule has 0 atom stereocenters. The molecule has 0 unspecified atom stereocenters. The number of benzene rings is 2. The number of nitrogens with one attached hydrogen (secondary N) is 1. The number of methoxy groups -OCH3 is 1. The van der Waals surface area contributed by atoms with Gasteiger partial charge in [-0.05, 0) is 49.4 Å². The Kier molecular flexibility index (Phi) is 6.42. The molecule has 0 aliphatic carbocycles. The number of carbonyl (C=O) groups excluding carboxylic acids is 2. The normalized spacial score (nSPS) is 10.7. The number of esters is 1. The number of amides is 1. The lowest BCUT2D eigenvalue weighted by Crippen LogP contribution is -2.09. The number of hydrogen-bond donors (Lipinski definition) is 1. The maximum Gasteiger partial charge on any atom is 0.359 e. The van der Waals surface area contributed by atoms with E-state index in [0.29, 0.717) is 17.0 Å². The number of rotatable bonds is 7. The van der Waals surface area contributed by atoms with E-state index in [-0.39, 0.29) is 18.2 Å². The number of carbonyl (C=O) groups is 2. The number of anilines is 1. The van der Waals surface area contributed by atoms with Gasteiger partial charge in [0.2, 0.25) is 5.91 Å². The van der Waals surface area contributed by atoms with Gasteiger partial charge >= 0.3 is 5.97 Å². The monoisotopic (exact) mass is 391 g/mol. The second-order valence-electron chi connectivity index (χ2n) is 5.98. The van der Waals surface area contributed by atoms with Crippen LogP contribution in [0, 0.1) is 0 Å². The molecule has 0 saturated carbocycles. The molecule has 0 aliphatic rings. The van der Waals surface area contributed by atoms with Crippen LogP contribution < -0.4 is 10.1 Å². The Balaban J connectivity index is 1.81. The first-order valence-corrected chi connectivity index (χ1v) is 9.06. The van der Waals surface area contributed by atoms with Crippen molar-refractivity contribution < 1.29 is 19.1 Å². The zero-order valence-corrected chi connectivity index (χ0v) is 16.2. The van der Waals surface area contributed by atoms with Gasteiger partial charge in [-0.15, -0.1) is 0 Å². The zero-order valence-electron chi connectivity index (χ0n) is 16.2. The van der Waals surface area contributed by atoms with Crippen LogP contribution in [0.25, 0.3) is 11.8 Å². The summed E-state index contributed by atoms with van der Waals surface area (Å²) in [6.07, 6.45) is 4.57. The molecule has 0 radical (unpaired) electrons. The van der Waals surface area contributed by atoms with Crippen molar-refractivity contribution in [1.82, 2.24) is 9.78 Å². The van der Waals surface area contributed by atoms with Crippen molar-refractivity contribution >= 4 is 23.6 Å². The molecule has 7 nitrogen and oxygen atoms in total. The highest BCUT2D eigenvalue weighted by atomic mass is 16.5. The lowest BCUT2D eigenvalue weighted by Gasteiger charge is -2.03. The largest absolute Gasteiger partial charge is 0.497 e. The van der Waals surface area contributed by atoms with Crippen LogP contribution >= 0.6 is 0 Å². The minimum Gasteiger partial charge on any atom is -0.497 e. The van der Waals surface area contributed by atoms with E-state index >= 15 is 0 Å². The fourth-order valence-electron chi connectivity index (χ4n) is 2.60. The summed E-state index contributed by atoms with van der Waals surface area (Å²) < 4.78 is 11.8. The predicted octanol–water partition coefficient (Wildman–Crippen LogP) is 3.71. The van der Waals surface area contributed by atoms with Crippen LogP contribution in [0.1, 0.15) is 23.0 Å². The second kappa shape index (κ2) is 9.36. The van der Waals surface area contributed by atoms with Crippen molar-refractivity contribution in [3.05, 3.63) is 78.1 Å². The van der Waals surface area contributed by atoms with Gasteiger partial charge in [-0.3, -0.25) is 4.79 Å². The molecule has 2 aromatic carbocycles. The van der Waals surface area contributed by atoms with Gasteiger partial charge < -0.3 is 14.8 Å². The molecule has 148 valence electrons. The summed E-state index contributed by atoms with van der Waals surface area (Å²) in [4.78, 5) is 24.5. The average Bonchev–Trinajstić information content (AvgIpc) is 3.18. The molecule has 0 spiro atoms. The van der Waals surface area contributed by atoms with Gasteiger partial charge in [0, 0.05) is 23.5 Å². The Morgan fingerprint density at radius 1 is 1.10 bits per heavy atom. The molecule has 3 aromatic rings. The van der Waals surface area contributed by atoms with Gasteiger partial charge in [-0.2, -0.15) is 5.10 Å². The van der Waals surface area contributed by atoms with E-state index in [2.05, 4.69) is 10.4 Å². The summed E-state index contributed by atoms with van der Waals surface area (Å²) in [6.45, 7) is 1.96. The Morgan fingerprint density at radius 3 is 2.48 bits per heavy atom. The van der Waals surface area contributed by atoms with Gasteiger partial charge in [0.25, 0.3) is 0 Å². The number of nitrogens with zero attached hydrogens (tertiary/aromatic N) is 2. The maximum absolute atomic E-state index is 12.3. The van der Waals surface area contributed by atoms with Crippen molar-refractivity contribution in [2.45, 2.75) is 6.92 Å². The molecular formula is C22H21N3O4. The minimum absolute atomic E-state index is 0.143. The molecule has 0 saturated heterocycles. The summed E-state index contributed by atoms with van der Waals surface area (Å²) in [6, 6.07) is 16.4. The van der Waals surface area contributed by atoms with Crippen molar-refractivity contribution in [1.29, 1.82) is 0 Å². The lowest BCUT2D eigenvalue weighted by molar-refractivity contribution is -0.111. The van der Waals surface area contributed by atoms with Crippen LogP contribution in [0.5, 0.6) is 5.75 Å². The Bertz CT molecular complexity index is 1010. The van der Waals surface area contributed by atoms with Crippen molar-refractivity contribution in [3.63, 3.8) is 0 Å². The summed E-state index contributed by atoms with van der Waals surface area (Å²) in [5.41, 5.74) is 2.05. The Morgan fingerprint density at radius 2 is 1.83 bits per heavy atom. The van der Waals surface area contributed by atoms with E-state index in [1.54, 1.807) is 49.2 Å². The van der Waals surface area contributed by atoms with Gasteiger partial charge in [0.05, 0.1) is 19.4 Å².